The number of nitrogens with zero attached hydrogens (tertiary/aromatic N) is 1. The molecule has 1 rings (SSSR count). The summed E-state index contributed by atoms with van der Waals surface area (Å²) in [4.78, 5) is 15.1. The zero-order valence-electron chi connectivity index (χ0n) is 7.23. The van der Waals surface area contributed by atoms with E-state index < -0.39 is 0 Å². The van der Waals surface area contributed by atoms with Gasteiger partial charge in [0.05, 0.1) is 0 Å². The van der Waals surface area contributed by atoms with E-state index in [2.05, 4.69) is 10.3 Å². The van der Waals surface area contributed by atoms with Gasteiger partial charge in [0.15, 0.2) is 0 Å². The molecule has 13 heavy (non-hydrogen) atoms. The van der Waals surface area contributed by atoms with E-state index in [1.54, 1.807) is 23.7 Å². The lowest BCUT2D eigenvalue weighted by Crippen LogP contribution is -2.08. The van der Waals surface area contributed by atoms with Gasteiger partial charge in [0, 0.05) is 12.3 Å². The fraction of sp³-hybridized carbons (Fsp3) is 0.111. The third-order valence-electron chi connectivity index (χ3n) is 1.27. The fourth-order valence-electron chi connectivity index (χ4n) is 0.734. The molecule has 0 aromatic carbocycles. The standard InChI is InChI=1S/C9H10N2OS/c1-13-7-5-9(12)11-8-4-2-3-6-10-8/h2-7H,1H3,(H,10,11,12)/b7-5+. The third kappa shape index (κ3) is 3.75. The molecule has 1 aromatic heterocycles. The molecule has 0 unspecified atom stereocenters. The SMILES string of the molecule is CS/C=C/C(=O)Nc1ccccn1. The Kier molecular flexibility index (Phi) is 4.05. The van der Waals surface area contributed by atoms with Gasteiger partial charge >= 0.3 is 0 Å². The van der Waals surface area contributed by atoms with Crippen LogP contribution < -0.4 is 5.32 Å². The Balaban J connectivity index is 2.50. The predicted molar refractivity (Wildman–Crippen MR) is 55.5 cm³/mol. The van der Waals surface area contributed by atoms with Crippen LogP contribution in [0.2, 0.25) is 0 Å². The quantitative estimate of drug-likeness (QED) is 0.747. The topological polar surface area (TPSA) is 42.0 Å². The molecule has 0 spiro atoms. The van der Waals surface area contributed by atoms with Gasteiger partial charge in [-0.3, -0.25) is 4.79 Å². The molecular formula is C9H10N2OS. The van der Waals surface area contributed by atoms with E-state index in [9.17, 15) is 4.79 Å². The fourth-order valence-corrected chi connectivity index (χ4v) is 0.994. The van der Waals surface area contributed by atoms with E-state index in [0.29, 0.717) is 5.82 Å². The van der Waals surface area contributed by atoms with Crippen LogP contribution in [0.3, 0.4) is 0 Å². The molecule has 0 radical (unpaired) electrons. The Labute approximate surface area is 81.3 Å². The minimum Gasteiger partial charge on any atom is -0.307 e. The molecule has 68 valence electrons. The lowest BCUT2D eigenvalue weighted by atomic mass is 10.4. The van der Waals surface area contributed by atoms with Crippen molar-refractivity contribution >= 4 is 23.5 Å². The van der Waals surface area contributed by atoms with Crippen molar-refractivity contribution in [3.8, 4) is 0 Å². The molecule has 0 aliphatic rings. The number of pyridine rings is 1. The average molecular weight is 194 g/mol. The summed E-state index contributed by atoms with van der Waals surface area (Å²) in [6.07, 6.45) is 5.00. The van der Waals surface area contributed by atoms with Crippen LogP contribution in [0.15, 0.2) is 35.9 Å². The normalized spacial score (nSPS) is 10.2. The molecule has 4 heteroatoms. The van der Waals surface area contributed by atoms with E-state index in [4.69, 9.17) is 0 Å². The van der Waals surface area contributed by atoms with E-state index in [-0.39, 0.29) is 5.91 Å². The highest BCUT2D eigenvalue weighted by atomic mass is 32.2. The first-order valence-corrected chi connectivity index (χ1v) is 5.03. The van der Waals surface area contributed by atoms with Gasteiger partial charge in [-0.2, -0.15) is 0 Å². The van der Waals surface area contributed by atoms with Crippen LogP contribution in [0.1, 0.15) is 0 Å². The zero-order valence-corrected chi connectivity index (χ0v) is 8.04. The predicted octanol–water partition coefficient (Wildman–Crippen LogP) is 1.90. The second-order valence-electron chi connectivity index (χ2n) is 2.24. The van der Waals surface area contributed by atoms with Gasteiger partial charge < -0.3 is 5.32 Å². The summed E-state index contributed by atoms with van der Waals surface area (Å²) < 4.78 is 0. The van der Waals surface area contributed by atoms with Gasteiger partial charge in [-0.1, -0.05) is 6.07 Å². The van der Waals surface area contributed by atoms with Crippen LogP contribution in [0, 0.1) is 0 Å². The number of aromatic nitrogens is 1. The molecule has 3 nitrogen and oxygen atoms in total. The Morgan fingerprint density at radius 3 is 3.08 bits per heavy atom. The van der Waals surface area contributed by atoms with Gasteiger partial charge in [-0.25, -0.2) is 4.98 Å². The van der Waals surface area contributed by atoms with Crippen molar-refractivity contribution in [1.29, 1.82) is 0 Å². The van der Waals surface area contributed by atoms with Crippen molar-refractivity contribution in [2.24, 2.45) is 0 Å². The first-order chi connectivity index (χ1) is 6.33. The molecule has 0 saturated carbocycles. The van der Waals surface area contributed by atoms with Gasteiger partial charge in [0.1, 0.15) is 5.82 Å². The summed E-state index contributed by atoms with van der Waals surface area (Å²) in [6, 6.07) is 5.36. The number of amides is 1. The van der Waals surface area contributed by atoms with Crippen LogP contribution in [0.5, 0.6) is 0 Å². The highest BCUT2D eigenvalue weighted by Crippen LogP contribution is 2.00. The van der Waals surface area contributed by atoms with Gasteiger partial charge in [0.2, 0.25) is 5.91 Å². The van der Waals surface area contributed by atoms with Crippen LogP contribution >= 0.6 is 11.8 Å². The molecule has 1 heterocycles. The van der Waals surface area contributed by atoms with Crippen molar-refractivity contribution in [3.05, 3.63) is 35.9 Å². The largest absolute Gasteiger partial charge is 0.307 e. The summed E-state index contributed by atoms with van der Waals surface area (Å²) >= 11 is 1.48. The number of anilines is 1. The molecule has 0 bridgehead atoms. The summed E-state index contributed by atoms with van der Waals surface area (Å²) in [5, 5.41) is 4.35. The molecule has 0 aliphatic heterocycles. The maximum Gasteiger partial charge on any atom is 0.250 e. The summed E-state index contributed by atoms with van der Waals surface area (Å²) in [7, 11) is 0. The van der Waals surface area contributed by atoms with Gasteiger partial charge in [-0.15, -0.1) is 11.8 Å². The average Bonchev–Trinajstić information content (AvgIpc) is 2.16. The van der Waals surface area contributed by atoms with Crippen LogP contribution in [0.4, 0.5) is 5.82 Å². The third-order valence-corrected chi connectivity index (χ3v) is 1.68. The van der Waals surface area contributed by atoms with Crippen molar-refractivity contribution in [1.82, 2.24) is 4.98 Å². The number of carbonyl (C=O) groups is 1. The van der Waals surface area contributed by atoms with Gasteiger partial charge in [-0.05, 0) is 23.8 Å². The van der Waals surface area contributed by atoms with Crippen molar-refractivity contribution in [2.45, 2.75) is 0 Å². The second-order valence-corrected chi connectivity index (χ2v) is 2.99. The summed E-state index contributed by atoms with van der Waals surface area (Å²) in [6.45, 7) is 0. The summed E-state index contributed by atoms with van der Waals surface area (Å²) in [5.41, 5.74) is 0. The lowest BCUT2D eigenvalue weighted by Gasteiger charge is -1.98. The maximum atomic E-state index is 11.1. The minimum atomic E-state index is -0.159. The Morgan fingerprint density at radius 2 is 2.46 bits per heavy atom. The van der Waals surface area contributed by atoms with Crippen LogP contribution in [0.25, 0.3) is 0 Å². The number of hydrogen-bond acceptors (Lipinski definition) is 3. The maximum absolute atomic E-state index is 11.1. The highest BCUT2D eigenvalue weighted by Gasteiger charge is 1.95. The Bertz CT molecular complexity index is 298. The number of hydrogen-bond donors (Lipinski definition) is 1. The molecular weight excluding hydrogens is 184 g/mol. The molecule has 1 aromatic rings. The van der Waals surface area contributed by atoms with Gasteiger partial charge in [0.25, 0.3) is 0 Å². The molecule has 0 fully saturated rings. The molecule has 0 atom stereocenters. The summed E-state index contributed by atoms with van der Waals surface area (Å²) in [5.74, 6) is 0.409. The molecule has 0 saturated heterocycles. The molecule has 1 amide bonds. The van der Waals surface area contributed by atoms with Crippen molar-refractivity contribution < 1.29 is 4.79 Å². The zero-order chi connectivity index (χ0) is 9.52. The number of thioether (sulfide) groups is 1. The van der Waals surface area contributed by atoms with Crippen molar-refractivity contribution in [3.63, 3.8) is 0 Å². The smallest absolute Gasteiger partial charge is 0.250 e. The number of carbonyl (C=O) groups excluding carboxylic acids is 1. The van der Waals surface area contributed by atoms with Crippen LogP contribution in [-0.4, -0.2) is 17.1 Å². The van der Waals surface area contributed by atoms with E-state index in [0.717, 1.165) is 0 Å². The van der Waals surface area contributed by atoms with E-state index >= 15 is 0 Å². The van der Waals surface area contributed by atoms with Crippen molar-refractivity contribution in [2.75, 3.05) is 11.6 Å². The first kappa shape index (κ1) is 9.80. The van der Waals surface area contributed by atoms with E-state index in [1.165, 1.54) is 17.8 Å². The Morgan fingerprint density at radius 1 is 1.62 bits per heavy atom. The Hall–Kier alpha value is -1.29. The van der Waals surface area contributed by atoms with Crippen LogP contribution in [-0.2, 0) is 4.79 Å². The lowest BCUT2D eigenvalue weighted by molar-refractivity contribution is -0.111. The monoisotopic (exact) mass is 194 g/mol. The minimum absolute atomic E-state index is 0.159. The molecule has 0 aliphatic carbocycles. The number of rotatable bonds is 3. The number of nitrogens with one attached hydrogen (secondary N) is 1. The first-order valence-electron chi connectivity index (χ1n) is 3.74. The van der Waals surface area contributed by atoms with E-state index in [1.807, 2.05) is 12.3 Å². The highest BCUT2D eigenvalue weighted by molar-refractivity contribution is 8.01. The second kappa shape index (κ2) is 5.37. The molecule has 1 N–H and O–H groups in total.